The third-order valence-corrected chi connectivity index (χ3v) is 2.60. The summed E-state index contributed by atoms with van der Waals surface area (Å²) in [6, 6.07) is 6.32. The maximum atomic E-state index is 10.9. The molecular formula is C12H9N3O4. The van der Waals surface area contributed by atoms with Gasteiger partial charge in [0, 0.05) is 11.6 Å². The Morgan fingerprint density at radius 3 is 2.79 bits per heavy atom. The van der Waals surface area contributed by atoms with Gasteiger partial charge in [-0.2, -0.15) is 0 Å². The SMILES string of the molecule is Nc1cc(C(=O)O)nc(-c2ccc3c(c2)OCO3)n1. The van der Waals surface area contributed by atoms with Crippen LogP contribution < -0.4 is 15.2 Å². The lowest BCUT2D eigenvalue weighted by Crippen LogP contribution is -2.05. The van der Waals surface area contributed by atoms with Crippen LogP contribution in [0.5, 0.6) is 11.5 Å². The summed E-state index contributed by atoms with van der Waals surface area (Å²) >= 11 is 0. The fourth-order valence-corrected chi connectivity index (χ4v) is 1.74. The minimum Gasteiger partial charge on any atom is -0.477 e. The Hall–Kier alpha value is -2.83. The van der Waals surface area contributed by atoms with Crippen molar-refractivity contribution in [1.29, 1.82) is 0 Å². The molecule has 1 aromatic heterocycles. The van der Waals surface area contributed by atoms with Crippen molar-refractivity contribution in [3.05, 3.63) is 30.0 Å². The summed E-state index contributed by atoms with van der Waals surface area (Å²) in [6.07, 6.45) is 0. The van der Waals surface area contributed by atoms with Gasteiger partial charge in [-0.15, -0.1) is 0 Å². The highest BCUT2D eigenvalue weighted by Crippen LogP contribution is 2.35. The second-order valence-electron chi connectivity index (χ2n) is 3.87. The first kappa shape index (κ1) is 11.3. The van der Waals surface area contributed by atoms with E-state index in [9.17, 15) is 4.79 Å². The molecule has 2 aromatic rings. The standard InChI is InChI=1S/C12H9N3O4/c13-10-4-7(12(16)17)14-11(15-10)6-1-2-8-9(3-6)19-5-18-8/h1-4H,5H2,(H,16,17)(H2,13,14,15). The highest BCUT2D eigenvalue weighted by atomic mass is 16.7. The quantitative estimate of drug-likeness (QED) is 0.832. The normalized spacial score (nSPS) is 12.4. The zero-order valence-electron chi connectivity index (χ0n) is 9.66. The number of aromatic carboxylic acids is 1. The van der Waals surface area contributed by atoms with Crippen LogP contribution in [0.3, 0.4) is 0 Å². The number of hydrogen-bond acceptors (Lipinski definition) is 6. The zero-order valence-corrected chi connectivity index (χ0v) is 9.66. The molecule has 0 spiro atoms. The molecular weight excluding hydrogens is 250 g/mol. The second kappa shape index (κ2) is 4.13. The Labute approximate surface area is 107 Å². The molecule has 0 unspecified atom stereocenters. The third-order valence-electron chi connectivity index (χ3n) is 2.60. The van der Waals surface area contributed by atoms with E-state index in [2.05, 4.69) is 9.97 Å². The summed E-state index contributed by atoms with van der Waals surface area (Å²) in [4.78, 5) is 18.9. The van der Waals surface area contributed by atoms with Gasteiger partial charge >= 0.3 is 5.97 Å². The van der Waals surface area contributed by atoms with Crippen LogP contribution in [0.2, 0.25) is 0 Å². The summed E-state index contributed by atoms with van der Waals surface area (Å²) in [7, 11) is 0. The average molecular weight is 259 g/mol. The van der Waals surface area contributed by atoms with Gasteiger partial charge in [-0.05, 0) is 18.2 Å². The number of nitrogens with two attached hydrogens (primary N) is 1. The molecule has 96 valence electrons. The number of rotatable bonds is 2. The van der Waals surface area contributed by atoms with Crippen LogP contribution in [-0.2, 0) is 0 Å². The lowest BCUT2D eigenvalue weighted by Gasteiger charge is -2.04. The molecule has 3 rings (SSSR count). The van der Waals surface area contributed by atoms with Gasteiger partial charge in [0.05, 0.1) is 0 Å². The molecule has 0 amide bonds. The van der Waals surface area contributed by atoms with Crippen LogP contribution in [0.1, 0.15) is 10.5 Å². The van der Waals surface area contributed by atoms with Gasteiger partial charge in [0.1, 0.15) is 5.82 Å². The molecule has 3 N–H and O–H groups in total. The van der Waals surface area contributed by atoms with Crippen molar-refractivity contribution in [1.82, 2.24) is 9.97 Å². The number of nitrogen functional groups attached to an aromatic ring is 1. The molecule has 1 aromatic carbocycles. The molecule has 0 aliphatic carbocycles. The molecule has 0 radical (unpaired) electrons. The number of anilines is 1. The Kier molecular flexibility index (Phi) is 2.45. The minimum atomic E-state index is -1.16. The molecule has 7 nitrogen and oxygen atoms in total. The maximum absolute atomic E-state index is 10.9. The molecule has 2 heterocycles. The van der Waals surface area contributed by atoms with E-state index in [1.807, 2.05) is 0 Å². The number of hydrogen-bond donors (Lipinski definition) is 2. The molecule has 1 aliphatic heterocycles. The smallest absolute Gasteiger partial charge is 0.354 e. The van der Waals surface area contributed by atoms with Gasteiger partial charge < -0.3 is 20.3 Å². The van der Waals surface area contributed by atoms with Crippen molar-refractivity contribution in [2.75, 3.05) is 12.5 Å². The predicted molar refractivity (Wildman–Crippen MR) is 65.0 cm³/mol. The van der Waals surface area contributed by atoms with Crippen molar-refractivity contribution in [2.45, 2.75) is 0 Å². The van der Waals surface area contributed by atoms with E-state index in [1.54, 1.807) is 18.2 Å². The van der Waals surface area contributed by atoms with Crippen molar-refractivity contribution in [3.8, 4) is 22.9 Å². The number of carboxylic acid groups (broad SMARTS) is 1. The maximum Gasteiger partial charge on any atom is 0.354 e. The number of benzene rings is 1. The van der Waals surface area contributed by atoms with Crippen molar-refractivity contribution in [3.63, 3.8) is 0 Å². The Balaban J connectivity index is 2.09. The lowest BCUT2D eigenvalue weighted by atomic mass is 10.2. The highest BCUT2D eigenvalue weighted by molar-refractivity contribution is 5.86. The first-order valence-electron chi connectivity index (χ1n) is 5.41. The van der Waals surface area contributed by atoms with Gasteiger partial charge in [-0.25, -0.2) is 14.8 Å². The summed E-state index contributed by atoms with van der Waals surface area (Å²) in [5.74, 6) is 0.373. The zero-order chi connectivity index (χ0) is 13.4. The van der Waals surface area contributed by atoms with Gasteiger partial charge in [-0.1, -0.05) is 0 Å². The number of aromatic nitrogens is 2. The van der Waals surface area contributed by atoms with Gasteiger partial charge in [0.15, 0.2) is 23.0 Å². The highest BCUT2D eigenvalue weighted by Gasteiger charge is 2.16. The number of carboxylic acids is 1. The van der Waals surface area contributed by atoms with Crippen LogP contribution >= 0.6 is 0 Å². The number of nitrogens with zero attached hydrogens (tertiary/aromatic N) is 2. The predicted octanol–water partition coefficient (Wildman–Crippen LogP) is 1.15. The first-order valence-corrected chi connectivity index (χ1v) is 5.41. The van der Waals surface area contributed by atoms with Crippen LogP contribution in [0, 0.1) is 0 Å². The molecule has 0 saturated carbocycles. The van der Waals surface area contributed by atoms with Crippen molar-refractivity contribution >= 4 is 11.8 Å². The summed E-state index contributed by atoms with van der Waals surface area (Å²) in [6.45, 7) is 0.164. The topological polar surface area (TPSA) is 108 Å². The average Bonchev–Trinajstić information content (AvgIpc) is 2.85. The van der Waals surface area contributed by atoms with Crippen LogP contribution in [0.25, 0.3) is 11.4 Å². The third kappa shape index (κ3) is 2.01. The van der Waals surface area contributed by atoms with Gasteiger partial charge in [0.2, 0.25) is 6.79 Å². The van der Waals surface area contributed by atoms with E-state index in [-0.39, 0.29) is 24.1 Å². The molecule has 0 fully saturated rings. The molecule has 0 atom stereocenters. The lowest BCUT2D eigenvalue weighted by molar-refractivity contribution is 0.0690. The fourth-order valence-electron chi connectivity index (χ4n) is 1.74. The molecule has 7 heteroatoms. The number of fused-ring (bicyclic) bond motifs is 1. The molecule has 0 bridgehead atoms. The van der Waals surface area contributed by atoms with Crippen LogP contribution in [-0.4, -0.2) is 27.8 Å². The Morgan fingerprint density at radius 2 is 2.00 bits per heavy atom. The van der Waals surface area contributed by atoms with E-state index >= 15 is 0 Å². The van der Waals surface area contributed by atoms with E-state index in [4.69, 9.17) is 20.3 Å². The second-order valence-corrected chi connectivity index (χ2v) is 3.87. The molecule has 0 saturated heterocycles. The van der Waals surface area contributed by atoms with E-state index in [1.165, 1.54) is 6.07 Å². The number of carbonyl (C=O) groups is 1. The molecule has 1 aliphatic rings. The molecule has 19 heavy (non-hydrogen) atoms. The number of ether oxygens (including phenoxy) is 2. The van der Waals surface area contributed by atoms with E-state index < -0.39 is 5.97 Å². The fraction of sp³-hybridized carbons (Fsp3) is 0.0833. The summed E-state index contributed by atoms with van der Waals surface area (Å²) < 4.78 is 10.4. The summed E-state index contributed by atoms with van der Waals surface area (Å²) in [5.41, 5.74) is 6.03. The Morgan fingerprint density at radius 1 is 1.21 bits per heavy atom. The summed E-state index contributed by atoms with van der Waals surface area (Å²) in [5, 5.41) is 8.94. The largest absolute Gasteiger partial charge is 0.477 e. The van der Waals surface area contributed by atoms with Gasteiger partial charge in [0.25, 0.3) is 0 Å². The minimum absolute atomic E-state index is 0.0973. The van der Waals surface area contributed by atoms with Gasteiger partial charge in [-0.3, -0.25) is 0 Å². The first-order chi connectivity index (χ1) is 9.13. The van der Waals surface area contributed by atoms with E-state index in [0.29, 0.717) is 17.1 Å². The monoisotopic (exact) mass is 259 g/mol. The van der Waals surface area contributed by atoms with Crippen molar-refractivity contribution < 1.29 is 19.4 Å². The van der Waals surface area contributed by atoms with Crippen LogP contribution in [0.4, 0.5) is 5.82 Å². The van der Waals surface area contributed by atoms with Crippen LogP contribution in [0.15, 0.2) is 24.3 Å². The Bertz CT molecular complexity index is 672. The van der Waals surface area contributed by atoms with E-state index in [0.717, 1.165) is 0 Å². The van der Waals surface area contributed by atoms with Crippen molar-refractivity contribution in [2.24, 2.45) is 0 Å².